The zero-order valence-corrected chi connectivity index (χ0v) is 24.3. The van der Waals surface area contributed by atoms with Crippen LogP contribution in [-0.4, -0.2) is 66.9 Å². The molecule has 1 aliphatic carbocycles. The smallest absolute Gasteiger partial charge is 0.254 e. The van der Waals surface area contributed by atoms with Gasteiger partial charge in [-0.05, 0) is 61.9 Å². The average Bonchev–Trinajstić information content (AvgIpc) is 3.46. The fourth-order valence-corrected chi connectivity index (χ4v) is 6.14. The molecule has 2 aromatic carbocycles. The molecule has 3 aromatic heterocycles. The first-order chi connectivity index (χ1) is 20.8. The maximum absolute atomic E-state index is 13.5. The maximum Gasteiger partial charge on any atom is 0.254 e. The Morgan fingerprint density at radius 1 is 1.21 bits per heavy atom. The molecule has 2 N–H and O–H groups in total. The van der Waals surface area contributed by atoms with Gasteiger partial charge in [-0.25, -0.2) is 14.4 Å². The quantitative estimate of drug-likeness (QED) is 0.251. The van der Waals surface area contributed by atoms with Crippen molar-refractivity contribution in [3.63, 3.8) is 0 Å². The highest BCUT2D eigenvalue weighted by molar-refractivity contribution is 6.01. The van der Waals surface area contributed by atoms with E-state index < -0.39 is 18.7 Å². The van der Waals surface area contributed by atoms with Gasteiger partial charge in [0.05, 0.1) is 46.9 Å². The number of aryl methyl sites for hydroxylation is 1. The number of rotatable bonds is 10. The Bertz CT molecular complexity index is 1840. The fraction of sp³-hybridized carbons (Fsp3) is 0.406. The van der Waals surface area contributed by atoms with Crippen LogP contribution in [0.2, 0.25) is 0 Å². The Morgan fingerprint density at radius 3 is 2.79 bits per heavy atom. The second kappa shape index (κ2) is 10.8. The Labute approximate surface area is 247 Å². The molecule has 1 saturated carbocycles. The van der Waals surface area contributed by atoms with Crippen LogP contribution >= 0.6 is 0 Å². The summed E-state index contributed by atoms with van der Waals surface area (Å²) in [6.45, 7) is 3.23. The van der Waals surface area contributed by atoms with Gasteiger partial charge < -0.3 is 29.1 Å². The molecular formula is C32H35F2N7O2. The number of carbonyl (C=O) groups is 1. The van der Waals surface area contributed by atoms with Crippen LogP contribution in [0.3, 0.4) is 0 Å². The van der Waals surface area contributed by atoms with Crippen molar-refractivity contribution in [2.45, 2.75) is 44.8 Å². The maximum atomic E-state index is 13.5. The number of alkyl halides is 1. The molecule has 9 nitrogen and oxygen atoms in total. The summed E-state index contributed by atoms with van der Waals surface area (Å²) in [6, 6.07) is 11.4. The van der Waals surface area contributed by atoms with E-state index in [2.05, 4.69) is 32.3 Å². The number of fused-ring (bicyclic) bond motifs is 3. The number of carbonyl (C=O) groups excluding carboxylic acids is 1. The molecule has 0 spiro atoms. The molecule has 7 rings (SSSR count). The normalized spacial score (nSPS) is 16.7. The number of para-hydroxylation sites is 1. The number of nitrogens with two attached hydrogens (primary N) is 1. The van der Waals surface area contributed by atoms with E-state index in [1.54, 1.807) is 9.47 Å². The van der Waals surface area contributed by atoms with E-state index >= 15 is 0 Å². The molecule has 0 saturated heterocycles. The number of benzene rings is 2. The van der Waals surface area contributed by atoms with Gasteiger partial charge in [0, 0.05) is 37.6 Å². The summed E-state index contributed by atoms with van der Waals surface area (Å²) >= 11 is 0. The van der Waals surface area contributed by atoms with Gasteiger partial charge in [-0.2, -0.15) is 4.39 Å². The van der Waals surface area contributed by atoms with Crippen LogP contribution in [0.15, 0.2) is 48.9 Å². The molecule has 2 unspecified atom stereocenters. The zero-order valence-electron chi connectivity index (χ0n) is 24.3. The van der Waals surface area contributed by atoms with Gasteiger partial charge in [-0.1, -0.05) is 12.1 Å². The number of hydrogen-bond acceptors (Lipinski definition) is 5. The van der Waals surface area contributed by atoms with Gasteiger partial charge in [0.1, 0.15) is 19.0 Å². The molecule has 43 heavy (non-hydrogen) atoms. The highest BCUT2D eigenvalue weighted by Crippen LogP contribution is 2.39. The van der Waals surface area contributed by atoms with Crippen molar-refractivity contribution in [1.82, 2.24) is 28.6 Å². The van der Waals surface area contributed by atoms with Gasteiger partial charge in [-0.15, -0.1) is 0 Å². The minimum absolute atomic E-state index is 0.101. The van der Waals surface area contributed by atoms with Crippen molar-refractivity contribution in [3.05, 3.63) is 66.0 Å². The summed E-state index contributed by atoms with van der Waals surface area (Å²) in [5, 5.41) is 1.05. The Kier molecular flexibility index (Phi) is 6.92. The molecule has 2 aliphatic rings. The molecule has 1 amide bonds. The Hall–Kier alpha value is -4.25. The molecule has 5 aromatic rings. The number of nitrogens with zero attached hydrogens (tertiary/aromatic N) is 6. The number of ether oxygens (including phenoxy) is 1. The first kappa shape index (κ1) is 27.6. The molecule has 0 bridgehead atoms. The molecule has 224 valence electrons. The van der Waals surface area contributed by atoms with Gasteiger partial charge in [0.2, 0.25) is 5.95 Å². The van der Waals surface area contributed by atoms with Crippen LogP contribution in [0.4, 0.5) is 8.78 Å². The molecule has 4 heterocycles. The minimum atomic E-state index is -0.685. The second-order valence-electron chi connectivity index (χ2n) is 12.0. The number of imidazole rings is 2. The largest absolute Gasteiger partial charge is 0.489 e. The molecular weight excluding hydrogens is 552 g/mol. The monoisotopic (exact) mass is 587 g/mol. The average molecular weight is 588 g/mol. The van der Waals surface area contributed by atoms with E-state index in [4.69, 9.17) is 15.5 Å². The van der Waals surface area contributed by atoms with E-state index in [9.17, 15) is 13.6 Å². The molecule has 1 aliphatic heterocycles. The first-order valence-corrected chi connectivity index (χ1v) is 14.8. The minimum Gasteiger partial charge on any atom is -0.489 e. The fourth-order valence-electron chi connectivity index (χ4n) is 6.14. The lowest BCUT2D eigenvalue weighted by atomic mass is 9.97. The predicted octanol–water partition coefficient (Wildman–Crippen LogP) is 4.88. The summed E-state index contributed by atoms with van der Waals surface area (Å²) in [4.78, 5) is 23.7. The SMILES string of the molecule is CC(COc1cccc2cc(-c3nc4cc5c(cc4n3C)CCN(CC(N)CF)C5=O)n(CC3CC3)c12)n1cnc(F)c1. The van der Waals surface area contributed by atoms with E-state index in [1.807, 2.05) is 32.2 Å². The summed E-state index contributed by atoms with van der Waals surface area (Å²) < 4.78 is 39.0. The van der Waals surface area contributed by atoms with Gasteiger partial charge in [0.25, 0.3) is 5.91 Å². The van der Waals surface area contributed by atoms with Crippen molar-refractivity contribution in [2.24, 2.45) is 18.7 Å². The Morgan fingerprint density at radius 2 is 2.05 bits per heavy atom. The van der Waals surface area contributed by atoms with Crippen LogP contribution in [0.5, 0.6) is 5.75 Å². The third-order valence-corrected chi connectivity index (χ3v) is 8.74. The van der Waals surface area contributed by atoms with Crippen molar-refractivity contribution < 1.29 is 18.3 Å². The van der Waals surface area contributed by atoms with Crippen molar-refractivity contribution in [1.29, 1.82) is 0 Å². The number of halogens is 2. The van der Waals surface area contributed by atoms with Crippen LogP contribution in [0, 0.1) is 11.9 Å². The molecule has 11 heteroatoms. The first-order valence-electron chi connectivity index (χ1n) is 14.8. The van der Waals surface area contributed by atoms with Crippen molar-refractivity contribution >= 4 is 27.8 Å². The molecule has 1 fully saturated rings. The summed E-state index contributed by atoms with van der Waals surface area (Å²) in [6.07, 6.45) is 5.90. The highest BCUT2D eigenvalue weighted by atomic mass is 19.1. The van der Waals surface area contributed by atoms with E-state index in [-0.39, 0.29) is 18.5 Å². The number of amides is 1. The molecule has 0 radical (unpaired) electrons. The summed E-state index contributed by atoms with van der Waals surface area (Å²) in [7, 11) is 2.01. The third-order valence-electron chi connectivity index (χ3n) is 8.74. The lowest BCUT2D eigenvalue weighted by molar-refractivity contribution is 0.0725. The van der Waals surface area contributed by atoms with E-state index in [0.717, 1.165) is 51.3 Å². The van der Waals surface area contributed by atoms with Crippen LogP contribution in [-0.2, 0) is 20.0 Å². The zero-order chi connectivity index (χ0) is 29.8. The van der Waals surface area contributed by atoms with Gasteiger partial charge in [0.15, 0.2) is 5.82 Å². The van der Waals surface area contributed by atoms with Gasteiger partial charge >= 0.3 is 0 Å². The van der Waals surface area contributed by atoms with Crippen LogP contribution in [0.1, 0.15) is 41.7 Å². The van der Waals surface area contributed by atoms with E-state index in [0.29, 0.717) is 31.1 Å². The standard InChI is InChI=1S/C32H35F2N7O2/c1-19(40-16-29(34)36-18-40)17-43-28-5-3-4-22-11-27(41(30(22)28)14-20-6-7-20)31-37-25-12-24-21(10-26(25)38(31)2)8-9-39(32(24)42)15-23(35)13-33/h3-5,10-12,16,18-20,23H,6-9,13-15,17,35H2,1-2H3. The highest BCUT2D eigenvalue weighted by Gasteiger charge is 2.29. The molecule has 2 atom stereocenters. The Balaban J connectivity index is 1.27. The van der Waals surface area contributed by atoms with Crippen molar-refractivity contribution in [2.75, 3.05) is 26.4 Å². The predicted molar refractivity (Wildman–Crippen MR) is 160 cm³/mol. The topological polar surface area (TPSA) is 96.1 Å². The third kappa shape index (κ3) is 5.05. The van der Waals surface area contributed by atoms with Crippen LogP contribution in [0.25, 0.3) is 33.5 Å². The lowest BCUT2D eigenvalue weighted by Crippen LogP contribution is -2.45. The lowest BCUT2D eigenvalue weighted by Gasteiger charge is -2.30. The van der Waals surface area contributed by atoms with Gasteiger partial charge in [-0.3, -0.25) is 4.79 Å². The number of aromatic nitrogens is 5. The summed E-state index contributed by atoms with van der Waals surface area (Å²) in [5.74, 6) is 1.53. The van der Waals surface area contributed by atoms with Crippen molar-refractivity contribution in [3.8, 4) is 17.3 Å². The van der Waals surface area contributed by atoms with E-state index in [1.165, 1.54) is 25.4 Å². The second-order valence-corrected chi connectivity index (χ2v) is 12.0. The number of hydrogen-bond donors (Lipinski definition) is 1. The summed E-state index contributed by atoms with van der Waals surface area (Å²) in [5.41, 5.74) is 11.1. The van der Waals surface area contributed by atoms with Crippen LogP contribution < -0.4 is 10.5 Å².